The minimum Gasteiger partial charge on any atom is -0.308 e. The normalized spacial score (nSPS) is 11.4. The molecule has 2 aromatic rings. The van der Waals surface area contributed by atoms with Gasteiger partial charge in [-0.2, -0.15) is 10.4 Å². The summed E-state index contributed by atoms with van der Waals surface area (Å²) in [5.74, 6) is 0. The summed E-state index contributed by atoms with van der Waals surface area (Å²) in [5.41, 5.74) is 4.63. The Kier molecular flexibility index (Phi) is 4.15. The molecule has 4 heteroatoms. The molecule has 1 aromatic heterocycles. The highest BCUT2D eigenvalue weighted by Gasteiger charge is 2.12. The fourth-order valence-corrected chi connectivity index (χ4v) is 2.21. The van der Waals surface area contributed by atoms with Gasteiger partial charge in [-0.1, -0.05) is 6.07 Å². The Morgan fingerprint density at radius 1 is 1.24 bits per heavy atom. The molecule has 1 aromatic carbocycles. The van der Waals surface area contributed by atoms with Gasteiger partial charge in [-0.25, -0.2) is 4.68 Å². The summed E-state index contributed by atoms with van der Waals surface area (Å²) in [7, 11) is 0. The Labute approximate surface area is 126 Å². The van der Waals surface area contributed by atoms with Crippen LogP contribution in [0.15, 0.2) is 24.3 Å². The van der Waals surface area contributed by atoms with Crippen LogP contribution in [0.2, 0.25) is 0 Å². The highest BCUT2D eigenvalue weighted by Crippen LogP contribution is 2.18. The molecule has 0 atom stereocenters. The number of nitrogens with one attached hydrogen (secondary N) is 1. The van der Waals surface area contributed by atoms with Crippen molar-refractivity contribution in [2.24, 2.45) is 0 Å². The molecule has 0 aliphatic heterocycles. The van der Waals surface area contributed by atoms with Gasteiger partial charge in [0.25, 0.3) is 0 Å². The fourth-order valence-electron chi connectivity index (χ4n) is 2.21. The average molecular weight is 282 g/mol. The van der Waals surface area contributed by atoms with E-state index in [1.807, 2.05) is 42.8 Å². The Hall–Kier alpha value is -2.12. The van der Waals surface area contributed by atoms with Crippen molar-refractivity contribution in [1.82, 2.24) is 15.1 Å². The van der Waals surface area contributed by atoms with Gasteiger partial charge >= 0.3 is 0 Å². The molecule has 0 saturated carbocycles. The van der Waals surface area contributed by atoms with Gasteiger partial charge in [0, 0.05) is 17.8 Å². The summed E-state index contributed by atoms with van der Waals surface area (Å²) >= 11 is 0. The molecule has 0 aliphatic carbocycles. The van der Waals surface area contributed by atoms with Crippen LogP contribution in [0, 0.1) is 25.2 Å². The van der Waals surface area contributed by atoms with Gasteiger partial charge in [-0.05, 0) is 58.4 Å². The SMILES string of the molecule is Cc1cc(C)n(-c2ccc(CNC(C)(C)C)cc2C#N)n1. The first kappa shape index (κ1) is 15.3. The molecule has 2 rings (SSSR count). The predicted octanol–water partition coefficient (Wildman–Crippen LogP) is 3.25. The summed E-state index contributed by atoms with van der Waals surface area (Å²) in [5, 5.41) is 17.3. The van der Waals surface area contributed by atoms with Crippen LogP contribution in [-0.2, 0) is 6.54 Å². The van der Waals surface area contributed by atoms with Crippen LogP contribution in [-0.4, -0.2) is 15.3 Å². The molecule has 1 N–H and O–H groups in total. The van der Waals surface area contributed by atoms with Crippen molar-refractivity contribution in [2.45, 2.75) is 46.7 Å². The Bertz CT molecular complexity index is 684. The van der Waals surface area contributed by atoms with E-state index in [-0.39, 0.29) is 5.54 Å². The summed E-state index contributed by atoms with van der Waals surface area (Å²) in [6.45, 7) is 11.1. The first-order valence-electron chi connectivity index (χ1n) is 7.12. The number of aromatic nitrogens is 2. The van der Waals surface area contributed by atoms with Crippen LogP contribution >= 0.6 is 0 Å². The number of nitriles is 1. The number of aryl methyl sites for hydroxylation is 2. The van der Waals surface area contributed by atoms with E-state index in [0.29, 0.717) is 5.56 Å². The lowest BCUT2D eigenvalue weighted by molar-refractivity contribution is 0.424. The lowest BCUT2D eigenvalue weighted by Gasteiger charge is -2.20. The Balaban J connectivity index is 2.34. The van der Waals surface area contributed by atoms with Gasteiger partial charge in [-0.15, -0.1) is 0 Å². The molecule has 21 heavy (non-hydrogen) atoms. The molecular weight excluding hydrogens is 260 g/mol. The van der Waals surface area contributed by atoms with Crippen molar-refractivity contribution in [3.05, 3.63) is 46.8 Å². The van der Waals surface area contributed by atoms with Gasteiger partial charge in [-0.3, -0.25) is 0 Å². The number of rotatable bonds is 3. The molecule has 4 nitrogen and oxygen atoms in total. The molecule has 0 amide bonds. The maximum absolute atomic E-state index is 9.42. The molecule has 0 aliphatic rings. The van der Waals surface area contributed by atoms with Crippen LogP contribution < -0.4 is 5.32 Å². The van der Waals surface area contributed by atoms with Crippen molar-refractivity contribution >= 4 is 0 Å². The lowest BCUT2D eigenvalue weighted by atomic mass is 10.1. The zero-order chi connectivity index (χ0) is 15.6. The number of hydrogen-bond donors (Lipinski definition) is 1. The fraction of sp³-hybridized carbons (Fsp3) is 0.412. The standard InChI is InChI=1S/C17H22N4/c1-12-8-13(2)21(20-12)16-7-6-14(9-15(16)10-18)11-19-17(3,4)5/h6-9,19H,11H2,1-5H3. The third-order valence-electron chi connectivity index (χ3n) is 3.24. The summed E-state index contributed by atoms with van der Waals surface area (Å²) in [6.07, 6.45) is 0. The third kappa shape index (κ3) is 3.71. The van der Waals surface area contributed by atoms with E-state index >= 15 is 0 Å². The van der Waals surface area contributed by atoms with E-state index in [2.05, 4.69) is 37.3 Å². The number of benzene rings is 1. The zero-order valence-electron chi connectivity index (χ0n) is 13.4. The van der Waals surface area contributed by atoms with Crippen molar-refractivity contribution in [2.75, 3.05) is 0 Å². The quantitative estimate of drug-likeness (QED) is 0.940. The van der Waals surface area contributed by atoms with E-state index in [9.17, 15) is 5.26 Å². The minimum atomic E-state index is 0.0567. The molecular formula is C17H22N4. The summed E-state index contributed by atoms with van der Waals surface area (Å²) in [4.78, 5) is 0. The van der Waals surface area contributed by atoms with E-state index < -0.39 is 0 Å². The molecule has 0 fully saturated rings. The Morgan fingerprint density at radius 3 is 2.48 bits per heavy atom. The molecule has 0 spiro atoms. The molecule has 0 radical (unpaired) electrons. The lowest BCUT2D eigenvalue weighted by Crippen LogP contribution is -2.35. The molecule has 0 unspecified atom stereocenters. The van der Waals surface area contributed by atoms with Crippen molar-refractivity contribution in [1.29, 1.82) is 5.26 Å². The Morgan fingerprint density at radius 2 is 1.95 bits per heavy atom. The van der Waals surface area contributed by atoms with Gasteiger partial charge in [0.05, 0.1) is 16.9 Å². The van der Waals surface area contributed by atoms with Gasteiger partial charge < -0.3 is 5.32 Å². The first-order chi connectivity index (χ1) is 9.80. The minimum absolute atomic E-state index is 0.0567. The van der Waals surface area contributed by atoms with Crippen molar-refractivity contribution in [3.8, 4) is 11.8 Å². The monoisotopic (exact) mass is 282 g/mol. The second-order valence-corrected chi connectivity index (χ2v) is 6.41. The van der Waals surface area contributed by atoms with Gasteiger partial charge in [0.2, 0.25) is 0 Å². The maximum Gasteiger partial charge on any atom is 0.101 e. The van der Waals surface area contributed by atoms with E-state index in [0.717, 1.165) is 29.2 Å². The van der Waals surface area contributed by atoms with Gasteiger partial charge in [0.15, 0.2) is 0 Å². The van der Waals surface area contributed by atoms with E-state index in [1.54, 1.807) is 0 Å². The van der Waals surface area contributed by atoms with E-state index in [4.69, 9.17) is 0 Å². The third-order valence-corrected chi connectivity index (χ3v) is 3.24. The average Bonchev–Trinajstić information content (AvgIpc) is 2.74. The summed E-state index contributed by atoms with van der Waals surface area (Å²) < 4.78 is 1.83. The van der Waals surface area contributed by atoms with Crippen LogP contribution in [0.3, 0.4) is 0 Å². The first-order valence-corrected chi connectivity index (χ1v) is 7.12. The zero-order valence-corrected chi connectivity index (χ0v) is 13.4. The number of hydrogen-bond acceptors (Lipinski definition) is 3. The highest BCUT2D eigenvalue weighted by atomic mass is 15.3. The smallest absolute Gasteiger partial charge is 0.101 e. The van der Waals surface area contributed by atoms with Crippen molar-refractivity contribution < 1.29 is 0 Å². The maximum atomic E-state index is 9.42. The van der Waals surface area contributed by atoms with Gasteiger partial charge in [0.1, 0.15) is 6.07 Å². The molecule has 0 bridgehead atoms. The van der Waals surface area contributed by atoms with Crippen molar-refractivity contribution in [3.63, 3.8) is 0 Å². The van der Waals surface area contributed by atoms with Crippen LogP contribution in [0.5, 0.6) is 0 Å². The summed E-state index contributed by atoms with van der Waals surface area (Å²) in [6, 6.07) is 10.2. The van der Waals surface area contributed by atoms with E-state index in [1.165, 1.54) is 0 Å². The topological polar surface area (TPSA) is 53.6 Å². The van der Waals surface area contributed by atoms with Crippen LogP contribution in [0.4, 0.5) is 0 Å². The highest BCUT2D eigenvalue weighted by molar-refractivity contribution is 5.51. The molecule has 0 saturated heterocycles. The van der Waals surface area contributed by atoms with Crippen LogP contribution in [0.1, 0.15) is 43.3 Å². The second kappa shape index (κ2) is 5.71. The second-order valence-electron chi connectivity index (χ2n) is 6.41. The largest absolute Gasteiger partial charge is 0.308 e. The number of nitrogens with zero attached hydrogens (tertiary/aromatic N) is 3. The molecule has 1 heterocycles. The molecule has 110 valence electrons. The predicted molar refractivity (Wildman–Crippen MR) is 84.3 cm³/mol. The van der Waals surface area contributed by atoms with Crippen LogP contribution in [0.25, 0.3) is 5.69 Å².